The maximum absolute atomic E-state index is 3.84. The van der Waals surface area contributed by atoms with Crippen molar-refractivity contribution in [3.8, 4) is 0 Å². The minimum absolute atomic E-state index is 0.0831. The third-order valence-corrected chi connectivity index (χ3v) is 5.81. The summed E-state index contributed by atoms with van der Waals surface area (Å²) >= 11 is 0. The SMILES string of the molecule is CC12Cc3ccccc3N[C@@H]1N(Cc1ccccc1)c1ccccc12. The van der Waals surface area contributed by atoms with Crippen LogP contribution in [0.3, 0.4) is 0 Å². The van der Waals surface area contributed by atoms with Crippen LogP contribution < -0.4 is 10.2 Å². The van der Waals surface area contributed by atoms with E-state index in [-0.39, 0.29) is 11.6 Å². The van der Waals surface area contributed by atoms with Crippen LogP contribution in [-0.2, 0) is 18.4 Å². The van der Waals surface area contributed by atoms with Crippen molar-refractivity contribution in [1.29, 1.82) is 0 Å². The van der Waals surface area contributed by atoms with Gasteiger partial charge in [0.05, 0.1) is 0 Å². The Bertz CT molecular complexity index is 918. The molecule has 0 spiro atoms. The average molecular weight is 326 g/mol. The van der Waals surface area contributed by atoms with Crippen LogP contribution >= 0.6 is 0 Å². The molecule has 5 rings (SSSR count). The Morgan fingerprint density at radius 2 is 1.64 bits per heavy atom. The van der Waals surface area contributed by atoms with Crippen LogP contribution in [-0.4, -0.2) is 6.17 Å². The minimum atomic E-state index is 0.0831. The highest BCUT2D eigenvalue weighted by Gasteiger charge is 2.50. The number of anilines is 2. The molecule has 0 saturated carbocycles. The van der Waals surface area contributed by atoms with Gasteiger partial charge in [0.15, 0.2) is 0 Å². The smallest absolute Gasteiger partial charge is 0.109 e. The number of benzene rings is 3. The summed E-state index contributed by atoms with van der Waals surface area (Å²) in [6.07, 6.45) is 1.35. The lowest BCUT2D eigenvalue weighted by molar-refractivity contribution is 0.395. The predicted octanol–water partition coefficient (Wildman–Crippen LogP) is 4.96. The quantitative estimate of drug-likeness (QED) is 0.716. The van der Waals surface area contributed by atoms with Gasteiger partial charge in [-0.25, -0.2) is 0 Å². The Labute approximate surface area is 149 Å². The Morgan fingerprint density at radius 3 is 2.52 bits per heavy atom. The van der Waals surface area contributed by atoms with E-state index in [1.165, 1.54) is 28.1 Å². The van der Waals surface area contributed by atoms with Crippen LogP contribution in [0.2, 0.25) is 0 Å². The van der Waals surface area contributed by atoms with Gasteiger partial charge < -0.3 is 10.2 Å². The zero-order valence-corrected chi connectivity index (χ0v) is 14.4. The molecular weight excluding hydrogens is 304 g/mol. The van der Waals surface area contributed by atoms with E-state index < -0.39 is 0 Å². The normalized spacial score (nSPS) is 23.4. The highest BCUT2D eigenvalue weighted by molar-refractivity contribution is 5.70. The summed E-state index contributed by atoms with van der Waals surface area (Å²) in [4.78, 5) is 2.54. The van der Waals surface area contributed by atoms with E-state index >= 15 is 0 Å². The number of fused-ring (bicyclic) bond motifs is 4. The van der Waals surface area contributed by atoms with E-state index in [9.17, 15) is 0 Å². The van der Waals surface area contributed by atoms with Gasteiger partial charge >= 0.3 is 0 Å². The third kappa shape index (κ3) is 2.17. The largest absolute Gasteiger partial charge is 0.364 e. The molecule has 1 unspecified atom stereocenters. The van der Waals surface area contributed by atoms with Crippen LogP contribution in [0.15, 0.2) is 78.9 Å². The van der Waals surface area contributed by atoms with Crippen molar-refractivity contribution in [3.63, 3.8) is 0 Å². The second-order valence-electron chi connectivity index (χ2n) is 7.43. The summed E-state index contributed by atoms with van der Waals surface area (Å²) in [5, 5.41) is 3.84. The van der Waals surface area contributed by atoms with Gasteiger partial charge in [0.1, 0.15) is 6.17 Å². The molecule has 25 heavy (non-hydrogen) atoms. The van der Waals surface area contributed by atoms with Crippen molar-refractivity contribution in [1.82, 2.24) is 0 Å². The zero-order valence-electron chi connectivity index (χ0n) is 14.4. The highest BCUT2D eigenvalue weighted by Crippen LogP contribution is 2.50. The zero-order chi connectivity index (χ0) is 16.9. The molecule has 124 valence electrons. The predicted molar refractivity (Wildman–Crippen MR) is 104 cm³/mol. The molecule has 0 fully saturated rings. The number of nitrogens with one attached hydrogen (secondary N) is 1. The van der Waals surface area contributed by atoms with Gasteiger partial charge in [-0.2, -0.15) is 0 Å². The molecule has 2 aliphatic rings. The third-order valence-electron chi connectivity index (χ3n) is 5.81. The molecule has 0 aromatic heterocycles. The molecule has 0 saturated heterocycles. The summed E-state index contributed by atoms with van der Waals surface area (Å²) in [7, 11) is 0. The van der Waals surface area contributed by atoms with Crippen LogP contribution in [0.1, 0.15) is 23.6 Å². The van der Waals surface area contributed by atoms with Crippen LogP contribution in [0.25, 0.3) is 0 Å². The standard InChI is InChI=1S/C23H22N2/c1-23-15-18-11-5-7-13-20(18)24-22(23)25(16-17-9-3-2-4-10-17)21-14-8-6-12-19(21)23/h2-14,22,24H,15-16H2,1H3/t22-,23?/m1/s1. The Balaban J connectivity index is 1.62. The van der Waals surface area contributed by atoms with Gasteiger partial charge in [0.2, 0.25) is 0 Å². The van der Waals surface area contributed by atoms with E-state index in [1.54, 1.807) is 0 Å². The first-order chi connectivity index (χ1) is 12.3. The van der Waals surface area contributed by atoms with Gasteiger partial charge in [-0.3, -0.25) is 0 Å². The van der Waals surface area contributed by atoms with Crippen LogP contribution in [0, 0.1) is 0 Å². The minimum Gasteiger partial charge on any atom is -0.364 e. The summed E-state index contributed by atoms with van der Waals surface area (Å²) in [5.41, 5.74) is 6.94. The second kappa shape index (κ2) is 5.38. The molecule has 2 atom stereocenters. The van der Waals surface area contributed by atoms with E-state index in [1.807, 2.05) is 0 Å². The fraction of sp³-hybridized carbons (Fsp3) is 0.217. The van der Waals surface area contributed by atoms with Crippen molar-refractivity contribution in [2.24, 2.45) is 0 Å². The van der Waals surface area contributed by atoms with Crippen molar-refractivity contribution in [2.75, 3.05) is 10.2 Å². The molecule has 2 aliphatic heterocycles. The highest BCUT2D eigenvalue weighted by atomic mass is 15.3. The number of hydrogen-bond acceptors (Lipinski definition) is 2. The lowest BCUT2D eigenvalue weighted by Gasteiger charge is -2.42. The number of rotatable bonds is 2. The van der Waals surface area contributed by atoms with Gasteiger partial charge in [-0.05, 0) is 35.2 Å². The lowest BCUT2D eigenvalue weighted by Crippen LogP contribution is -2.52. The van der Waals surface area contributed by atoms with E-state index in [0.717, 1.165) is 13.0 Å². The molecule has 2 nitrogen and oxygen atoms in total. The van der Waals surface area contributed by atoms with E-state index in [2.05, 4.69) is 96.0 Å². The van der Waals surface area contributed by atoms with E-state index in [4.69, 9.17) is 0 Å². The monoisotopic (exact) mass is 326 g/mol. The first kappa shape index (κ1) is 14.6. The molecule has 0 bridgehead atoms. The molecule has 3 aromatic carbocycles. The maximum atomic E-state index is 3.84. The Morgan fingerprint density at radius 1 is 0.920 bits per heavy atom. The molecule has 1 N–H and O–H groups in total. The summed E-state index contributed by atoms with van der Waals surface area (Å²) in [6, 6.07) is 28.4. The van der Waals surface area contributed by atoms with Crippen molar-refractivity contribution < 1.29 is 0 Å². The molecule has 0 aliphatic carbocycles. The number of para-hydroxylation sites is 2. The lowest BCUT2D eigenvalue weighted by atomic mass is 9.74. The number of nitrogens with zero attached hydrogens (tertiary/aromatic N) is 1. The molecule has 0 radical (unpaired) electrons. The van der Waals surface area contributed by atoms with Gasteiger partial charge in [0.25, 0.3) is 0 Å². The molecular formula is C23H22N2. The number of hydrogen-bond donors (Lipinski definition) is 1. The molecule has 0 amide bonds. The molecule has 2 heteroatoms. The molecule has 3 aromatic rings. The van der Waals surface area contributed by atoms with Gasteiger partial charge in [-0.1, -0.05) is 73.7 Å². The Hall–Kier alpha value is -2.74. The average Bonchev–Trinajstić information content (AvgIpc) is 2.89. The van der Waals surface area contributed by atoms with Crippen LogP contribution in [0.5, 0.6) is 0 Å². The van der Waals surface area contributed by atoms with E-state index in [0.29, 0.717) is 0 Å². The fourth-order valence-corrected chi connectivity index (χ4v) is 4.58. The fourth-order valence-electron chi connectivity index (χ4n) is 4.58. The summed E-state index contributed by atoms with van der Waals surface area (Å²) in [6.45, 7) is 3.33. The van der Waals surface area contributed by atoms with Crippen molar-refractivity contribution in [2.45, 2.75) is 31.5 Å². The topological polar surface area (TPSA) is 15.3 Å². The van der Waals surface area contributed by atoms with Gasteiger partial charge in [-0.15, -0.1) is 0 Å². The maximum Gasteiger partial charge on any atom is 0.109 e. The molecule has 2 heterocycles. The van der Waals surface area contributed by atoms with Crippen molar-refractivity contribution in [3.05, 3.63) is 95.6 Å². The summed E-state index contributed by atoms with van der Waals surface area (Å²) < 4.78 is 0. The first-order valence-electron chi connectivity index (χ1n) is 9.00. The van der Waals surface area contributed by atoms with Gasteiger partial charge in [0, 0.05) is 23.3 Å². The summed E-state index contributed by atoms with van der Waals surface area (Å²) in [5.74, 6) is 0. The van der Waals surface area contributed by atoms with Crippen LogP contribution in [0.4, 0.5) is 11.4 Å². The second-order valence-corrected chi connectivity index (χ2v) is 7.43. The Kier molecular flexibility index (Phi) is 3.14. The van der Waals surface area contributed by atoms with Crippen molar-refractivity contribution >= 4 is 11.4 Å². The first-order valence-corrected chi connectivity index (χ1v) is 9.00.